The third kappa shape index (κ3) is 3.31. The van der Waals surface area contributed by atoms with Crippen molar-refractivity contribution in [3.63, 3.8) is 0 Å². The van der Waals surface area contributed by atoms with Crippen LogP contribution in [0.4, 0.5) is 4.79 Å². The summed E-state index contributed by atoms with van der Waals surface area (Å²) in [5.74, 6) is -0.954. The number of benzene rings is 1. The SMILES string of the molecule is CCC1(c2ccccc2)C(=O)NC(=O)N(CC[N+](C)(CC)CC)C1=O. The highest BCUT2D eigenvalue weighted by Crippen LogP contribution is 2.33. The van der Waals surface area contributed by atoms with Crippen LogP contribution in [0.2, 0.25) is 0 Å². The summed E-state index contributed by atoms with van der Waals surface area (Å²) in [6.07, 6.45) is 0.305. The number of nitrogens with zero attached hydrogens (tertiary/aromatic N) is 2. The Labute approximate surface area is 149 Å². The number of hydrogen-bond donors (Lipinski definition) is 1. The van der Waals surface area contributed by atoms with Crippen LogP contribution in [0.25, 0.3) is 0 Å². The highest BCUT2D eigenvalue weighted by Gasteiger charge is 2.54. The number of carbonyl (C=O) groups excluding carboxylic acids is 3. The molecule has 25 heavy (non-hydrogen) atoms. The average molecular weight is 346 g/mol. The molecule has 0 bridgehead atoms. The number of carbonyl (C=O) groups is 3. The fraction of sp³-hybridized carbons (Fsp3) is 0.526. The lowest BCUT2D eigenvalue weighted by atomic mass is 9.75. The molecular formula is C19H28N3O3+. The number of hydrogen-bond acceptors (Lipinski definition) is 3. The number of imide groups is 2. The zero-order valence-corrected chi connectivity index (χ0v) is 15.5. The average Bonchev–Trinajstić information content (AvgIpc) is 2.62. The first-order valence-corrected chi connectivity index (χ1v) is 8.91. The minimum absolute atomic E-state index is 0.296. The largest absolute Gasteiger partial charge is 0.331 e. The van der Waals surface area contributed by atoms with Gasteiger partial charge in [-0.3, -0.25) is 19.8 Å². The molecule has 6 nitrogen and oxygen atoms in total. The van der Waals surface area contributed by atoms with E-state index in [2.05, 4.69) is 26.2 Å². The molecule has 1 atom stereocenters. The molecule has 1 aromatic carbocycles. The molecule has 1 unspecified atom stereocenters. The lowest BCUT2D eigenvalue weighted by Gasteiger charge is -2.40. The Balaban J connectivity index is 2.35. The number of quaternary nitrogens is 1. The molecule has 1 fully saturated rings. The van der Waals surface area contributed by atoms with Crippen LogP contribution in [0.3, 0.4) is 0 Å². The van der Waals surface area contributed by atoms with Gasteiger partial charge in [-0.25, -0.2) is 4.79 Å². The second kappa shape index (κ2) is 7.35. The first-order chi connectivity index (χ1) is 11.8. The highest BCUT2D eigenvalue weighted by molar-refractivity contribution is 6.22. The van der Waals surface area contributed by atoms with Crippen molar-refractivity contribution in [1.29, 1.82) is 0 Å². The Bertz CT molecular complexity index is 655. The molecule has 1 heterocycles. The summed E-state index contributed by atoms with van der Waals surface area (Å²) in [5.41, 5.74) is -0.711. The Hall–Kier alpha value is -2.21. The standard InChI is InChI=1S/C19H27N3O3/c1-5-19(15-11-9-8-10-12-15)16(23)20-18(25)21(17(19)24)13-14-22(4,6-2)7-3/h8-12H,5-7,13-14H2,1-4H3/p+1. The van der Waals surface area contributed by atoms with Crippen molar-refractivity contribution in [2.45, 2.75) is 32.6 Å². The monoisotopic (exact) mass is 346 g/mol. The molecule has 2 rings (SSSR count). The zero-order chi connectivity index (χ0) is 18.7. The summed E-state index contributed by atoms with van der Waals surface area (Å²) >= 11 is 0. The molecule has 1 aliphatic heterocycles. The van der Waals surface area contributed by atoms with Crippen LogP contribution >= 0.6 is 0 Å². The van der Waals surface area contributed by atoms with Crippen molar-refractivity contribution in [2.24, 2.45) is 0 Å². The predicted octanol–water partition coefficient (Wildman–Crippen LogP) is 1.90. The van der Waals surface area contributed by atoms with E-state index in [1.807, 2.05) is 6.07 Å². The van der Waals surface area contributed by atoms with E-state index in [4.69, 9.17) is 0 Å². The van der Waals surface area contributed by atoms with Gasteiger partial charge in [0.15, 0.2) is 5.41 Å². The number of likely N-dealkylation sites (N-methyl/N-ethyl adjacent to an activating group) is 1. The topological polar surface area (TPSA) is 66.5 Å². The van der Waals surface area contributed by atoms with E-state index >= 15 is 0 Å². The fourth-order valence-corrected chi connectivity index (χ4v) is 3.27. The lowest BCUT2D eigenvalue weighted by molar-refractivity contribution is -0.905. The van der Waals surface area contributed by atoms with Gasteiger partial charge in [-0.1, -0.05) is 37.3 Å². The second-order valence-electron chi connectivity index (χ2n) is 6.82. The minimum Gasteiger partial charge on any atom is -0.325 e. The number of amides is 4. The zero-order valence-electron chi connectivity index (χ0n) is 15.5. The number of nitrogens with one attached hydrogen (secondary N) is 1. The molecule has 0 aliphatic carbocycles. The molecule has 0 saturated carbocycles. The number of urea groups is 1. The van der Waals surface area contributed by atoms with Gasteiger partial charge in [-0.05, 0) is 25.8 Å². The molecule has 1 aromatic rings. The van der Waals surface area contributed by atoms with E-state index in [-0.39, 0.29) is 0 Å². The predicted molar refractivity (Wildman–Crippen MR) is 95.8 cm³/mol. The van der Waals surface area contributed by atoms with E-state index in [9.17, 15) is 14.4 Å². The van der Waals surface area contributed by atoms with Crippen molar-refractivity contribution < 1.29 is 18.9 Å². The van der Waals surface area contributed by atoms with Crippen LogP contribution in [0, 0.1) is 0 Å². The van der Waals surface area contributed by atoms with Gasteiger partial charge < -0.3 is 4.48 Å². The maximum atomic E-state index is 13.2. The van der Waals surface area contributed by atoms with Gasteiger partial charge in [0.1, 0.15) is 0 Å². The molecular weight excluding hydrogens is 318 g/mol. The van der Waals surface area contributed by atoms with Crippen LogP contribution in [-0.2, 0) is 15.0 Å². The van der Waals surface area contributed by atoms with Crippen molar-refractivity contribution in [1.82, 2.24) is 10.2 Å². The van der Waals surface area contributed by atoms with Gasteiger partial charge >= 0.3 is 6.03 Å². The summed E-state index contributed by atoms with van der Waals surface area (Å²) in [6, 6.07) is 8.37. The first-order valence-electron chi connectivity index (χ1n) is 8.91. The maximum absolute atomic E-state index is 13.2. The molecule has 1 aliphatic rings. The van der Waals surface area contributed by atoms with E-state index in [1.54, 1.807) is 31.2 Å². The highest BCUT2D eigenvalue weighted by atomic mass is 16.2. The summed E-state index contributed by atoms with van der Waals surface area (Å²) in [7, 11) is 2.10. The van der Waals surface area contributed by atoms with E-state index < -0.39 is 23.3 Å². The summed E-state index contributed by atoms with van der Waals surface area (Å²) in [6.45, 7) is 8.76. The minimum atomic E-state index is -1.34. The normalized spacial score (nSPS) is 21.4. The van der Waals surface area contributed by atoms with Gasteiger partial charge in [-0.2, -0.15) is 0 Å². The van der Waals surface area contributed by atoms with E-state index in [0.29, 0.717) is 25.1 Å². The molecule has 4 amide bonds. The van der Waals surface area contributed by atoms with Crippen LogP contribution < -0.4 is 5.32 Å². The van der Waals surface area contributed by atoms with Crippen molar-refractivity contribution >= 4 is 17.8 Å². The van der Waals surface area contributed by atoms with Crippen LogP contribution in [0.15, 0.2) is 30.3 Å². The van der Waals surface area contributed by atoms with Gasteiger partial charge in [0.05, 0.1) is 33.2 Å². The maximum Gasteiger partial charge on any atom is 0.331 e. The van der Waals surface area contributed by atoms with Crippen molar-refractivity contribution in [3.8, 4) is 0 Å². The molecule has 0 radical (unpaired) electrons. The summed E-state index contributed by atoms with van der Waals surface area (Å²) in [5, 5.41) is 2.39. The first kappa shape index (κ1) is 19.1. The molecule has 1 saturated heterocycles. The summed E-state index contributed by atoms with van der Waals surface area (Å²) in [4.78, 5) is 39.4. The van der Waals surface area contributed by atoms with Gasteiger partial charge in [0.25, 0.3) is 5.91 Å². The van der Waals surface area contributed by atoms with Gasteiger partial charge in [-0.15, -0.1) is 0 Å². The fourth-order valence-electron chi connectivity index (χ4n) is 3.27. The van der Waals surface area contributed by atoms with Crippen LogP contribution in [0.5, 0.6) is 0 Å². The molecule has 0 aromatic heterocycles. The Morgan fingerprint density at radius 2 is 1.64 bits per heavy atom. The third-order valence-electron chi connectivity index (χ3n) is 5.65. The molecule has 0 spiro atoms. The van der Waals surface area contributed by atoms with Crippen molar-refractivity contribution in [3.05, 3.63) is 35.9 Å². The third-order valence-corrected chi connectivity index (χ3v) is 5.65. The van der Waals surface area contributed by atoms with Crippen LogP contribution in [0.1, 0.15) is 32.8 Å². The molecule has 6 heteroatoms. The quantitative estimate of drug-likeness (QED) is 0.606. The lowest BCUT2D eigenvalue weighted by Crippen LogP contribution is -2.67. The number of rotatable bonds is 7. The molecule has 1 N–H and O–H groups in total. The van der Waals surface area contributed by atoms with Crippen LogP contribution in [-0.4, -0.2) is 60.5 Å². The van der Waals surface area contributed by atoms with Crippen molar-refractivity contribution in [2.75, 3.05) is 33.2 Å². The van der Waals surface area contributed by atoms with E-state index in [1.165, 1.54) is 4.90 Å². The Morgan fingerprint density at radius 1 is 1.04 bits per heavy atom. The van der Waals surface area contributed by atoms with E-state index in [0.717, 1.165) is 17.6 Å². The Kier molecular flexibility index (Phi) is 5.62. The Morgan fingerprint density at radius 3 is 2.16 bits per heavy atom. The second-order valence-corrected chi connectivity index (χ2v) is 6.82. The van der Waals surface area contributed by atoms with Gasteiger partial charge in [0, 0.05) is 0 Å². The van der Waals surface area contributed by atoms with Gasteiger partial charge in [0.2, 0.25) is 5.91 Å². The smallest absolute Gasteiger partial charge is 0.325 e. The number of barbiturate groups is 1. The summed E-state index contributed by atoms with van der Waals surface area (Å²) < 4.78 is 0.759. The molecule has 136 valence electrons.